The monoisotopic (exact) mass is 263 g/mol. The summed E-state index contributed by atoms with van der Waals surface area (Å²) in [6, 6.07) is 1.94. The SMILES string of the molecule is CCN1CCN(c2cc(C)n(C)c(=O)c2C=O)CC1. The zero-order valence-electron chi connectivity index (χ0n) is 11.8. The van der Waals surface area contributed by atoms with Crippen molar-refractivity contribution in [2.45, 2.75) is 13.8 Å². The predicted molar refractivity (Wildman–Crippen MR) is 76.1 cm³/mol. The number of hydrogen-bond acceptors (Lipinski definition) is 4. The minimum atomic E-state index is -0.206. The van der Waals surface area contributed by atoms with E-state index in [-0.39, 0.29) is 11.1 Å². The Kier molecular flexibility index (Phi) is 4.04. The van der Waals surface area contributed by atoms with Crippen molar-refractivity contribution >= 4 is 12.0 Å². The van der Waals surface area contributed by atoms with Gasteiger partial charge in [0.05, 0.1) is 5.69 Å². The quantitative estimate of drug-likeness (QED) is 0.751. The molecule has 2 rings (SSSR count). The Morgan fingerprint density at radius 1 is 1.26 bits per heavy atom. The zero-order chi connectivity index (χ0) is 14.0. The average Bonchev–Trinajstić information content (AvgIpc) is 2.44. The largest absolute Gasteiger partial charge is 0.368 e. The molecule has 0 bridgehead atoms. The van der Waals surface area contributed by atoms with Gasteiger partial charge in [-0.3, -0.25) is 9.59 Å². The van der Waals surface area contributed by atoms with Crippen molar-refractivity contribution in [3.63, 3.8) is 0 Å². The number of aldehydes is 1. The van der Waals surface area contributed by atoms with Crippen LogP contribution in [0.15, 0.2) is 10.9 Å². The first-order chi connectivity index (χ1) is 9.08. The lowest BCUT2D eigenvalue weighted by molar-refractivity contribution is 0.112. The Morgan fingerprint density at radius 3 is 2.42 bits per heavy atom. The Morgan fingerprint density at radius 2 is 1.89 bits per heavy atom. The fourth-order valence-corrected chi connectivity index (χ4v) is 2.50. The lowest BCUT2D eigenvalue weighted by Crippen LogP contribution is -2.47. The third-order valence-corrected chi connectivity index (χ3v) is 3.96. The van der Waals surface area contributed by atoms with Crippen LogP contribution in [-0.4, -0.2) is 48.5 Å². The van der Waals surface area contributed by atoms with Gasteiger partial charge in [-0.2, -0.15) is 0 Å². The van der Waals surface area contributed by atoms with Crippen LogP contribution in [0.2, 0.25) is 0 Å². The number of pyridine rings is 1. The number of hydrogen-bond donors (Lipinski definition) is 0. The van der Waals surface area contributed by atoms with E-state index < -0.39 is 0 Å². The van der Waals surface area contributed by atoms with Gasteiger partial charge in [-0.25, -0.2) is 0 Å². The highest BCUT2D eigenvalue weighted by molar-refractivity contribution is 5.84. The maximum absolute atomic E-state index is 12.1. The molecule has 0 saturated carbocycles. The summed E-state index contributed by atoms with van der Waals surface area (Å²) in [7, 11) is 1.70. The molecule has 0 N–H and O–H groups in total. The van der Waals surface area contributed by atoms with Crippen LogP contribution in [0.4, 0.5) is 5.69 Å². The molecule has 0 radical (unpaired) electrons. The number of aryl methyl sites for hydroxylation is 1. The summed E-state index contributed by atoms with van der Waals surface area (Å²) in [5.41, 5.74) is 1.73. The summed E-state index contributed by atoms with van der Waals surface area (Å²) in [5, 5.41) is 0. The standard InChI is InChI=1S/C14H21N3O2/c1-4-16-5-7-17(8-6-16)13-9-11(2)15(3)14(19)12(13)10-18/h9-10H,4-8H2,1-3H3. The highest BCUT2D eigenvalue weighted by Crippen LogP contribution is 2.19. The van der Waals surface area contributed by atoms with Crippen LogP contribution < -0.4 is 10.5 Å². The minimum absolute atomic E-state index is 0.206. The summed E-state index contributed by atoms with van der Waals surface area (Å²) >= 11 is 0. The van der Waals surface area contributed by atoms with Crippen LogP contribution in [-0.2, 0) is 7.05 Å². The third-order valence-electron chi connectivity index (χ3n) is 3.96. The molecule has 1 aromatic rings. The molecule has 0 unspecified atom stereocenters. The molecule has 5 heteroatoms. The molecule has 1 aliphatic heterocycles. The molecule has 1 fully saturated rings. The topological polar surface area (TPSA) is 45.5 Å². The Balaban J connectivity index is 2.35. The van der Waals surface area contributed by atoms with Gasteiger partial charge in [0.15, 0.2) is 6.29 Å². The highest BCUT2D eigenvalue weighted by atomic mass is 16.1. The van der Waals surface area contributed by atoms with Gasteiger partial charge in [-0.1, -0.05) is 6.92 Å². The number of aromatic nitrogens is 1. The van der Waals surface area contributed by atoms with E-state index >= 15 is 0 Å². The second-order valence-electron chi connectivity index (χ2n) is 4.99. The number of nitrogens with zero attached hydrogens (tertiary/aromatic N) is 3. The second-order valence-corrected chi connectivity index (χ2v) is 4.99. The molecule has 0 amide bonds. The molecule has 2 heterocycles. The number of piperazine rings is 1. The molecule has 0 aliphatic carbocycles. The molecule has 1 aliphatic rings. The third kappa shape index (κ3) is 2.56. The van der Waals surface area contributed by atoms with E-state index in [9.17, 15) is 9.59 Å². The van der Waals surface area contributed by atoms with Crippen LogP contribution in [0.1, 0.15) is 23.0 Å². The van der Waals surface area contributed by atoms with Gasteiger partial charge in [-0.05, 0) is 19.5 Å². The first-order valence-corrected chi connectivity index (χ1v) is 6.71. The first kappa shape index (κ1) is 13.8. The van der Waals surface area contributed by atoms with Crippen LogP contribution in [0.5, 0.6) is 0 Å². The Labute approximate surface area is 113 Å². The molecule has 1 aromatic heterocycles. The van der Waals surface area contributed by atoms with Crippen LogP contribution >= 0.6 is 0 Å². The van der Waals surface area contributed by atoms with Crippen molar-refractivity contribution in [1.82, 2.24) is 9.47 Å². The maximum Gasteiger partial charge on any atom is 0.263 e. The van der Waals surface area contributed by atoms with E-state index in [2.05, 4.69) is 16.7 Å². The summed E-state index contributed by atoms with van der Waals surface area (Å²) in [5.74, 6) is 0. The molecule has 0 spiro atoms. The molecule has 19 heavy (non-hydrogen) atoms. The maximum atomic E-state index is 12.1. The molecule has 0 atom stereocenters. The fourth-order valence-electron chi connectivity index (χ4n) is 2.50. The van der Waals surface area contributed by atoms with E-state index in [4.69, 9.17) is 0 Å². The van der Waals surface area contributed by atoms with E-state index in [1.54, 1.807) is 7.05 Å². The van der Waals surface area contributed by atoms with Crippen molar-refractivity contribution in [2.75, 3.05) is 37.6 Å². The number of likely N-dealkylation sites (N-methyl/N-ethyl adjacent to an activating group) is 1. The summed E-state index contributed by atoms with van der Waals surface area (Å²) in [6.07, 6.45) is 0.684. The van der Waals surface area contributed by atoms with Gasteiger partial charge in [-0.15, -0.1) is 0 Å². The van der Waals surface area contributed by atoms with Gasteiger partial charge < -0.3 is 14.4 Å². The average molecular weight is 263 g/mol. The van der Waals surface area contributed by atoms with E-state index in [1.165, 1.54) is 4.57 Å². The number of carbonyl (C=O) groups is 1. The van der Waals surface area contributed by atoms with E-state index in [0.717, 1.165) is 44.1 Å². The van der Waals surface area contributed by atoms with Crippen LogP contribution in [0.25, 0.3) is 0 Å². The van der Waals surface area contributed by atoms with Crippen molar-refractivity contribution in [1.29, 1.82) is 0 Å². The van der Waals surface area contributed by atoms with Crippen molar-refractivity contribution in [3.8, 4) is 0 Å². The summed E-state index contributed by atoms with van der Waals surface area (Å²) < 4.78 is 1.52. The van der Waals surface area contributed by atoms with Gasteiger partial charge in [0, 0.05) is 38.9 Å². The first-order valence-electron chi connectivity index (χ1n) is 6.71. The Bertz CT molecular complexity index is 528. The molecular formula is C14H21N3O2. The molecule has 104 valence electrons. The summed E-state index contributed by atoms with van der Waals surface area (Å²) in [6.45, 7) is 8.76. The van der Waals surface area contributed by atoms with Gasteiger partial charge in [0.2, 0.25) is 0 Å². The lowest BCUT2D eigenvalue weighted by Gasteiger charge is -2.36. The van der Waals surface area contributed by atoms with Gasteiger partial charge in [0.25, 0.3) is 5.56 Å². The van der Waals surface area contributed by atoms with Crippen molar-refractivity contribution in [2.24, 2.45) is 7.05 Å². The van der Waals surface area contributed by atoms with Gasteiger partial charge >= 0.3 is 0 Å². The van der Waals surface area contributed by atoms with Crippen LogP contribution in [0.3, 0.4) is 0 Å². The minimum Gasteiger partial charge on any atom is -0.368 e. The number of anilines is 1. The van der Waals surface area contributed by atoms with Gasteiger partial charge in [0.1, 0.15) is 5.56 Å². The van der Waals surface area contributed by atoms with E-state index in [0.29, 0.717) is 6.29 Å². The van der Waals surface area contributed by atoms with Crippen molar-refractivity contribution in [3.05, 3.63) is 27.7 Å². The molecule has 1 saturated heterocycles. The summed E-state index contributed by atoms with van der Waals surface area (Å²) in [4.78, 5) is 27.8. The normalized spacial score (nSPS) is 16.7. The number of carbonyl (C=O) groups excluding carboxylic acids is 1. The van der Waals surface area contributed by atoms with E-state index in [1.807, 2.05) is 13.0 Å². The zero-order valence-corrected chi connectivity index (χ0v) is 11.8. The number of rotatable bonds is 3. The molecule has 5 nitrogen and oxygen atoms in total. The van der Waals surface area contributed by atoms with Crippen LogP contribution in [0, 0.1) is 6.92 Å². The fraction of sp³-hybridized carbons (Fsp3) is 0.571. The molecule has 0 aromatic carbocycles. The predicted octanol–water partition coefficient (Wildman–Crippen LogP) is 0.648. The highest BCUT2D eigenvalue weighted by Gasteiger charge is 2.20. The Hall–Kier alpha value is -1.62. The van der Waals surface area contributed by atoms with Crippen molar-refractivity contribution < 1.29 is 4.79 Å². The lowest BCUT2D eigenvalue weighted by atomic mass is 10.1. The smallest absolute Gasteiger partial charge is 0.263 e. The second kappa shape index (κ2) is 5.57. The molecular weight excluding hydrogens is 242 g/mol.